The van der Waals surface area contributed by atoms with Crippen LogP contribution in [0.1, 0.15) is 16.9 Å². The molecular weight excluding hydrogens is 170 g/mol. The Morgan fingerprint density at radius 3 is 3.00 bits per heavy atom. The predicted molar refractivity (Wildman–Crippen MR) is 48.4 cm³/mol. The van der Waals surface area contributed by atoms with E-state index >= 15 is 0 Å². The minimum atomic E-state index is -1.10. The third-order valence-corrected chi connectivity index (χ3v) is 1.55. The molecule has 1 rings (SSSR count). The highest BCUT2D eigenvalue weighted by Crippen LogP contribution is 2.08. The lowest BCUT2D eigenvalue weighted by Gasteiger charge is -1.94. The molecule has 5 heteroatoms. The summed E-state index contributed by atoms with van der Waals surface area (Å²) in [6.07, 6.45) is 3.98. The third-order valence-electron chi connectivity index (χ3n) is 1.55. The normalized spacial score (nSPS) is 9.85. The number of carboxylic acid groups (broad SMARTS) is 1. The van der Waals surface area contributed by atoms with Gasteiger partial charge in [-0.1, -0.05) is 6.08 Å². The molecule has 0 amide bonds. The van der Waals surface area contributed by atoms with E-state index in [1.807, 2.05) is 0 Å². The Bertz CT molecular complexity index is 330. The van der Waals surface area contributed by atoms with Crippen molar-refractivity contribution in [3.05, 3.63) is 24.5 Å². The average Bonchev–Trinajstić information content (AvgIpc) is 2.43. The van der Waals surface area contributed by atoms with Crippen molar-refractivity contribution >= 4 is 11.7 Å². The maximum absolute atomic E-state index is 10.5. The Balaban J connectivity index is 2.82. The monoisotopic (exact) mass is 181 g/mol. The highest BCUT2D eigenvalue weighted by molar-refractivity contribution is 5.91. The van der Waals surface area contributed by atoms with Gasteiger partial charge in [0.25, 0.3) is 0 Å². The summed E-state index contributed by atoms with van der Waals surface area (Å²) in [5.41, 5.74) is 5.52. The fourth-order valence-corrected chi connectivity index (χ4v) is 0.941. The second kappa shape index (κ2) is 3.75. The molecule has 0 aromatic carbocycles. The molecule has 0 aliphatic rings. The maximum Gasteiger partial charge on any atom is 0.358 e. The molecule has 0 spiro atoms. The molecular formula is C8H11N3O2. The molecule has 0 unspecified atom stereocenters. The minimum absolute atomic E-state index is 0.0935. The zero-order chi connectivity index (χ0) is 9.84. The van der Waals surface area contributed by atoms with Gasteiger partial charge in [-0.2, -0.15) is 5.10 Å². The number of carbonyl (C=O) groups is 1. The van der Waals surface area contributed by atoms with Gasteiger partial charge in [-0.3, -0.25) is 4.68 Å². The molecule has 0 aliphatic carbocycles. The SMILES string of the molecule is C=CCCn1cc(N)c(C(=O)O)n1. The lowest BCUT2D eigenvalue weighted by molar-refractivity contribution is 0.0690. The van der Waals surface area contributed by atoms with Crippen LogP contribution >= 0.6 is 0 Å². The largest absolute Gasteiger partial charge is 0.476 e. The fourth-order valence-electron chi connectivity index (χ4n) is 0.941. The molecule has 3 N–H and O–H groups in total. The number of hydrogen-bond donors (Lipinski definition) is 2. The lowest BCUT2D eigenvalue weighted by atomic mass is 10.4. The number of rotatable bonds is 4. The van der Waals surface area contributed by atoms with Crippen molar-refractivity contribution in [2.45, 2.75) is 13.0 Å². The van der Waals surface area contributed by atoms with Crippen LogP contribution in [-0.4, -0.2) is 20.9 Å². The molecule has 70 valence electrons. The number of allylic oxidation sites excluding steroid dienone is 1. The van der Waals surface area contributed by atoms with Crippen molar-refractivity contribution in [2.24, 2.45) is 0 Å². The van der Waals surface area contributed by atoms with Crippen LogP contribution in [0.2, 0.25) is 0 Å². The molecule has 0 saturated heterocycles. The molecule has 0 bridgehead atoms. The number of hydrogen-bond acceptors (Lipinski definition) is 3. The van der Waals surface area contributed by atoms with Crippen LogP contribution in [0, 0.1) is 0 Å². The molecule has 13 heavy (non-hydrogen) atoms. The van der Waals surface area contributed by atoms with Crippen LogP contribution in [0.4, 0.5) is 5.69 Å². The van der Waals surface area contributed by atoms with Gasteiger partial charge >= 0.3 is 5.97 Å². The van der Waals surface area contributed by atoms with Gasteiger partial charge in [-0.25, -0.2) is 4.79 Å². The Morgan fingerprint density at radius 1 is 1.85 bits per heavy atom. The summed E-state index contributed by atoms with van der Waals surface area (Å²) in [5.74, 6) is -1.10. The number of nitrogens with zero attached hydrogens (tertiary/aromatic N) is 2. The Kier molecular flexibility index (Phi) is 2.69. The van der Waals surface area contributed by atoms with Crippen LogP contribution in [0.15, 0.2) is 18.9 Å². The smallest absolute Gasteiger partial charge is 0.358 e. The summed E-state index contributed by atoms with van der Waals surface area (Å²) in [6, 6.07) is 0. The number of anilines is 1. The standard InChI is InChI=1S/C8H11N3O2/c1-2-3-4-11-5-6(9)7(10-11)8(12)13/h2,5H,1,3-4,9H2,(H,12,13). The zero-order valence-electron chi connectivity index (χ0n) is 7.10. The van der Waals surface area contributed by atoms with Crippen molar-refractivity contribution < 1.29 is 9.90 Å². The number of aromatic nitrogens is 2. The van der Waals surface area contributed by atoms with Gasteiger partial charge in [0.05, 0.1) is 5.69 Å². The predicted octanol–water partition coefficient (Wildman–Crippen LogP) is 0.740. The van der Waals surface area contributed by atoms with Crippen LogP contribution < -0.4 is 5.73 Å². The minimum Gasteiger partial charge on any atom is -0.476 e. The van der Waals surface area contributed by atoms with E-state index in [1.54, 1.807) is 6.08 Å². The lowest BCUT2D eigenvalue weighted by Crippen LogP contribution is -2.03. The fraction of sp³-hybridized carbons (Fsp3) is 0.250. The molecule has 0 atom stereocenters. The summed E-state index contributed by atoms with van der Waals surface area (Å²) < 4.78 is 1.50. The van der Waals surface area contributed by atoms with Crippen LogP contribution in [0.3, 0.4) is 0 Å². The number of aromatic carboxylic acids is 1. The van der Waals surface area contributed by atoms with E-state index < -0.39 is 5.97 Å². The van der Waals surface area contributed by atoms with Crippen LogP contribution in [0.25, 0.3) is 0 Å². The highest BCUT2D eigenvalue weighted by atomic mass is 16.4. The van der Waals surface area contributed by atoms with E-state index in [-0.39, 0.29) is 11.4 Å². The average molecular weight is 181 g/mol. The Hall–Kier alpha value is -1.78. The Morgan fingerprint density at radius 2 is 2.54 bits per heavy atom. The topological polar surface area (TPSA) is 81.1 Å². The van der Waals surface area contributed by atoms with E-state index in [1.165, 1.54) is 10.9 Å². The first kappa shape index (κ1) is 9.31. The van der Waals surface area contributed by atoms with E-state index in [0.717, 1.165) is 6.42 Å². The van der Waals surface area contributed by atoms with Crippen LogP contribution in [0.5, 0.6) is 0 Å². The molecule has 0 aliphatic heterocycles. The van der Waals surface area contributed by atoms with E-state index in [9.17, 15) is 4.79 Å². The van der Waals surface area contributed by atoms with Gasteiger partial charge in [0, 0.05) is 12.7 Å². The van der Waals surface area contributed by atoms with Crippen molar-refractivity contribution in [3.8, 4) is 0 Å². The van der Waals surface area contributed by atoms with Crippen LogP contribution in [-0.2, 0) is 6.54 Å². The number of nitrogen functional groups attached to an aromatic ring is 1. The van der Waals surface area contributed by atoms with Gasteiger partial charge in [0.15, 0.2) is 5.69 Å². The molecule has 0 radical (unpaired) electrons. The summed E-state index contributed by atoms with van der Waals surface area (Å²) in [4.78, 5) is 10.5. The van der Waals surface area contributed by atoms with Crippen molar-refractivity contribution in [1.29, 1.82) is 0 Å². The van der Waals surface area contributed by atoms with Crippen molar-refractivity contribution in [3.63, 3.8) is 0 Å². The van der Waals surface area contributed by atoms with Gasteiger partial charge in [-0.15, -0.1) is 6.58 Å². The summed E-state index contributed by atoms with van der Waals surface area (Å²) in [5, 5.41) is 12.4. The molecule has 1 aromatic rings. The third kappa shape index (κ3) is 2.08. The molecule has 5 nitrogen and oxygen atoms in total. The van der Waals surface area contributed by atoms with E-state index in [2.05, 4.69) is 11.7 Å². The quantitative estimate of drug-likeness (QED) is 0.671. The highest BCUT2D eigenvalue weighted by Gasteiger charge is 2.12. The van der Waals surface area contributed by atoms with Gasteiger partial charge in [0.2, 0.25) is 0 Å². The number of aryl methyl sites for hydroxylation is 1. The molecule has 1 aromatic heterocycles. The molecule has 1 heterocycles. The first-order chi connectivity index (χ1) is 6.15. The second-order valence-electron chi connectivity index (χ2n) is 2.58. The first-order valence-corrected chi connectivity index (χ1v) is 3.82. The summed E-state index contributed by atoms with van der Waals surface area (Å²) >= 11 is 0. The summed E-state index contributed by atoms with van der Waals surface area (Å²) in [6.45, 7) is 4.15. The van der Waals surface area contributed by atoms with E-state index in [4.69, 9.17) is 10.8 Å². The van der Waals surface area contributed by atoms with Gasteiger partial charge in [0.1, 0.15) is 0 Å². The van der Waals surface area contributed by atoms with Crippen molar-refractivity contribution in [2.75, 3.05) is 5.73 Å². The molecule has 0 fully saturated rings. The zero-order valence-corrected chi connectivity index (χ0v) is 7.10. The molecule has 0 saturated carbocycles. The number of nitrogens with two attached hydrogens (primary N) is 1. The second-order valence-corrected chi connectivity index (χ2v) is 2.58. The van der Waals surface area contributed by atoms with Crippen molar-refractivity contribution in [1.82, 2.24) is 9.78 Å². The first-order valence-electron chi connectivity index (χ1n) is 3.82. The van der Waals surface area contributed by atoms with Gasteiger partial charge in [-0.05, 0) is 6.42 Å². The van der Waals surface area contributed by atoms with Gasteiger partial charge < -0.3 is 10.8 Å². The maximum atomic E-state index is 10.5. The number of carboxylic acids is 1. The van der Waals surface area contributed by atoms with E-state index in [0.29, 0.717) is 6.54 Å². The Labute approximate surface area is 75.5 Å². The summed E-state index contributed by atoms with van der Waals surface area (Å²) in [7, 11) is 0.